The van der Waals surface area contributed by atoms with Crippen LogP contribution in [0.3, 0.4) is 0 Å². The third-order valence-electron chi connectivity index (χ3n) is 4.35. The van der Waals surface area contributed by atoms with Crippen LogP contribution in [-0.2, 0) is 6.42 Å². The molecule has 140 valence electrons. The van der Waals surface area contributed by atoms with E-state index in [-0.39, 0.29) is 11.6 Å². The summed E-state index contributed by atoms with van der Waals surface area (Å²) >= 11 is 1.54. The second-order valence-corrected chi connectivity index (χ2v) is 6.97. The lowest BCUT2D eigenvalue weighted by Gasteiger charge is -2.10. The maximum absolute atomic E-state index is 13.7. The molecule has 0 spiro atoms. The van der Waals surface area contributed by atoms with Crippen molar-refractivity contribution in [2.24, 2.45) is 5.10 Å². The molecule has 0 amide bonds. The number of anilines is 1. The number of ether oxygens (including phenoxy) is 1. The quantitative estimate of drug-likeness (QED) is 0.428. The Morgan fingerprint density at radius 3 is 2.81 bits per heavy atom. The molecule has 0 saturated heterocycles. The zero-order valence-electron chi connectivity index (χ0n) is 15.9. The number of hydrogen-bond donors (Lipinski definition) is 0. The highest BCUT2D eigenvalue weighted by atomic mass is 32.1. The van der Waals surface area contributed by atoms with Gasteiger partial charge in [-0.3, -0.25) is 0 Å². The summed E-state index contributed by atoms with van der Waals surface area (Å²) in [5, 5.41) is 9.01. The van der Waals surface area contributed by atoms with Crippen molar-refractivity contribution in [2.45, 2.75) is 20.3 Å². The minimum absolute atomic E-state index is 0.206. The molecule has 4 nitrogen and oxygen atoms in total. The Morgan fingerprint density at radius 2 is 2.07 bits per heavy atom. The molecule has 3 aromatic rings. The number of thiazole rings is 1. The van der Waals surface area contributed by atoms with Crippen molar-refractivity contribution >= 4 is 22.7 Å². The first-order valence-electron chi connectivity index (χ1n) is 8.69. The van der Waals surface area contributed by atoms with Gasteiger partial charge >= 0.3 is 0 Å². The van der Waals surface area contributed by atoms with E-state index >= 15 is 0 Å². The molecule has 0 unspecified atom stereocenters. The molecule has 0 radical (unpaired) electrons. The number of methoxy groups -OCH3 is 1. The zero-order valence-corrected chi connectivity index (χ0v) is 16.7. The van der Waals surface area contributed by atoms with Crippen LogP contribution in [0.4, 0.5) is 9.52 Å². The van der Waals surface area contributed by atoms with E-state index in [1.165, 1.54) is 30.1 Å². The van der Waals surface area contributed by atoms with Crippen LogP contribution in [0, 0.1) is 12.7 Å². The Balaban J connectivity index is 1.83. The largest absolute Gasteiger partial charge is 0.494 e. The fraction of sp³-hybridized carbons (Fsp3) is 0.238. The Kier molecular flexibility index (Phi) is 5.86. The van der Waals surface area contributed by atoms with Crippen LogP contribution >= 0.6 is 11.3 Å². The van der Waals surface area contributed by atoms with Gasteiger partial charge in [0.1, 0.15) is 0 Å². The second-order valence-electron chi connectivity index (χ2n) is 6.14. The van der Waals surface area contributed by atoms with Crippen molar-refractivity contribution < 1.29 is 9.13 Å². The number of aryl methyl sites for hydroxylation is 2. The fourth-order valence-corrected chi connectivity index (χ4v) is 3.52. The smallest absolute Gasteiger partial charge is 0.206 e. The molecule has 6 heteroatoms. The van der Waals surface area contributed by atoms with E-state index in [1.807, 2.05) is 31.5 Å². The lowest BCUT2D eigenvalue weighted by atomic mass is 10.0. The van der Waals surface area contributed by atoms with Gasteiger partial charge in [-0.2, -0.15) is 5.10 Å². The summed E-state index contributed by atoms with van der Waals surface area (Å²) in [4.78, 5) is 4.72. The van der Waals surface area contributed by atoms with Gasteiger partial charge in [-0.1, -0.05) is 31.2 Å². The minimum atomic E-state index is -0.375. The van der Waals surface area contributed by atoms with Crippen molar-refractivity contribution in [3.63, 3.8) is 0 Å². The highest BCUT2D eigenvalue weighted by molar-refractivity contribution is 7.14. The number of hydrazone groups is 1. The third-order valence-corrected chi connectivity index (χ3v) is 5.26. The van der Waals surface area contributed by atoms with Gasteiger partial charge in [0, 0.05) is 23.6 Å². The van der Waals surface area contributed by atoms with Crippen molar-refractivity contribution in [3.05, 3.63) is 64.3 Å². The molecule has 0 aliphatic heterocycles. The first-order chi connectivity index (χ1) is 13.0. The molecular formula is C21H22FN3OS. The van der Waals surface area contributed by atoms with Gasteiger partial charge in [-0.25, -0.2) is 14.4 Å². The normalized spacial score (nSPS) is 11.1. The number of nitrogens with zero attached hydrogens (tertiary/aromatic N) is 3. The molecule has 1 heterocycles. The maximum Gasteiger partial charge on any atom is 0.206 e. The van der Waals surface area contributed by atoms with Crippen LogP contribution < -0.4 is 9.75 Å². The Morgan fingerprint density at radius 1 is 1.30 bits per heavy atom. The van der Waals surface area contributed by atoms with E-state index in [2.05, 4.69) is 24.2 Å². The Labute approximate surface area is 162 Å². The van der Waals surface area contributed by atoms with Gasteiger partial charge in [0.2, 0.25) is 5.13 Å². The third kappa shape index (κ3) is 4.17. The SMILES string of the molecule is CCc1ccccc1-c1csc(N(C)/N=C/c2cc(OC)c(F)cc2C)n1. The molecule has 0 N–H and O–H groups in total. The molecule has 1 aromatic heterocycles. The monoisotopic (exact) mass is 383 g/mol. The minimum Gasteiger partial charge on any atom is -0.494 e. The summed E-state index contributed by atoms with van der Waals surface area (Å²) < 4.78 is 18.8. The van der Waals surface area contributed by atoms with Crippen LogP contribution in [-0.4, -0.2) is 25.4 Å². The molecule has 0 atom stereocenters. The number of rotatable bonds is 6. The van der Waals surface area contributed by atoms with Crippen molar-refractivity contribution in [3.8, 4) is 17.0 Å². The molecule has 3 rings (SSSR count). The van der Waals surface area contributed by atoms with Gasteiger partial charge in [-0.05, 0) is 36.6 Å². The Hall–Kier alpha value is -2.73. The summed E-state index contributed by atoms with van der Waals surface area (Å²) in [5.74, 6) is -0.169. The first-order valence-corrected chi connectivity index (χ1v) is 9.57. The average Bonchev–Trinajstić information content (AvgIpc) is 3.17. The first kappa shape index (κ1) is 19.0. The van der Waals surface area contributed by atoms with Crippen LogP contribution in [0.2, 0.25) is 0 Å². The average molecular weight is 383 g/mol. The van der Waals surface area contributed by atoms with E-state index in [0.29, 0.717) is 0 Å². The van der Waals surface area contributed by atoms with E-state index in [0.717, 1.165) is 33.9 Å². The summed E-state index contributed by atoms with van der Waals surface area (Å²) in [6.07, 6.45) is 2.65. The van der Waals surface area contributed by atoms with Crippen LogP contribution in [0.15, 0.2) is 46.9 Å². The topological polar surface area (TPSA) is 37.7 Å². The lowest BCUT2D eigenvalue weighted by Crippen LogP contribution is -2.09. The van der Waals surface area contributed by atoms with Crippen LogP contribution in [0.5, 0.6) is 5.75 Å². The predicted octanol–water partition coefficient (Wildman–Crippen LogP) is 5.30. The highest BCUT2D eigenvalue weighted by Crippen LogP contribution is 2.29. The zero-order chi connectivity index (χ0) is 19.4. The van der Waals surface area contributed by atoms with E-state index < -0.39 is 0 Å². The Bertz CT molecular complexity index is 968. The molecule has 0 aliphatic rings. The molecule has 0 saturated carbocycles. The van der Waals surface area contributed by atoms with Crippen molar-refractivity contribution in [1.29, 1.82) is 0 Å². The summed E-state index contributed by atoms with van der Waals surface area (Å²) in [7, 11) is 3.30. The summed E-state index contributed by atoms with van der Waals surface area (Å²) in [5.41, 5.74) is 4.97. The molecular weight excluding hydrogens is 361 g/mol. The highest BCUT2D eigenvalue weighted by Gasteiger charge is 2.11. The summed E-state index contributed by atoms with van der Waals surface area (Å²) in [6, 6.07) is 11.4. The van der Waals surface area contributed by atoms with Gasteiger partial charge in [0.05, 0.1) is 19.0 Å². The van der Waals surface area contributed by atoms with E-state index in [4.69, 9.17) is 9.72 Å². The summed E-state index contributed by atoms with van der Waals surface area (Å²) in [6.45, 7) is 3.98. The number of aromatic nitrogens is 1. The van der Waals surface area contributed by atoms with Crippen molar-refractivity contribution in [2.75, 3.05) is 19.2 Å². The predicted molar refractivity (Wildman–Crippen MR) is 111 cm³/mol. The lowest BCUT2D eigenvalue weighted by molar-refractivity contribution is 0.386. The fourth-order valence-electron chi connectivity index (χ4n) is 2.78. The van der Waals surface area contributed by atoms with Crippen LogP contribution in [0.25, 0.3) is 11.3 Å². The molecule has 27 heavy (non-hydrogen) atoms. The van der Waals surface area contributed by atoms with Gasteiger partial charge < -0.3 is 4.74 Å². The molecule has 0 aliphatic carbocycles. The van der Waals surface area contributed by atoms with Gasteiger partial charge in [0.15, 0.2) is 11.6 Å². The molecule has 0 fully saturated rings. The van der Waals surface area contributed by atoms with Gasteiger partial charge in [0.25, 0.3) is 0 Å². The molecule has 2 aromatic carbocycles. The number of halogens is 1. The maximum atomic E-state index is 13.7. The number of benzene rings is 2. The molecule has 0 bridgehead atoms. The second kappa shape index (κ2) is 8.31. The van der Waals surface area contributed by atoms with Crippen LogP contribution in [0.1, 0.15) is 23.6 Å². The van der Waals surface area contributed by atoms with E-state index in [9.17, 15) is 4.39 Å². The van der Waals surface area contributed by atoms with Crippen molar-refractivity contribution in [1.82, 2.24) is 4.98 Å². The number of hydrogen-bond acceptors (Lipinski definition) is 5. The van der Waals surface area contributed by atoms with Gasteiger partial charge in [-0.15, -0.1) is 11.3 Å². The standard InChI is InChI=1S/C21H22FN3OS/c1-5-15-8-6-7-9-17(15)19-13-27-21(24-19)25(3)23-12-16-11-20(26-4)18(22)10-14(16)2/h6-13H,5H2,1-4H3/b23-12+. The van der Waals surface area contributed by atoms with E-state index in [1.54, 1.807) is 17.3 Å².